The van der Waals surface area contributed by atoms with Gasteiger partial charge in [0.1, 0.15) is 12.1 Å². The van der Waals surface area contributed by atoms with E-state index < -0.39 is 22.1 Å². The Balaban J connectivity index is 1.72. The number of hydrogen-bond acceptors (Lipinski definition) is 4. The second-order valence-corrected chi connectivity index (χ2v) is 10.3. The Morgan fingerprint density at radius 2 is 1.78 bits per heavy atom. The zero-order valence-corrected chi connectivity index (χ0v) is 20.2. The third-order valence-corrected chi connectivity index (χ3v) is 7.45. The summed E-state index contributed by atoms with van der Waals surface area (Å²) < 4.78 is 28.4. The maximum Gasteiger partial charge on any atom is 0.245 e. The second-order valence-electron chi connectivity index (χ2n) is 8.15. The fourth-order valence-electron chi connectivity index (χ4n) is 4.08. The SMILES string of the molecule is CCCN(CCC)C(=O)[C@H](C)N1CC[C@H](NS(=O)(=O)c2ccc3cc(Cl)ccc3c2)C1=O. The van der Waals surface area contributed by atoms with Gasteiger partial charge in [0, 0.05) is 24.7 Å². The smallest absolute Gasteiger partial charge is 0.245 e. The maximum atomic E-state index is 13.0. The molecule has 32 heavy (non-hydrogen) atoms. The molecule has 0 spiro atoms. The van der Waals surface area contributed by atoms with E-state index in [2.05, 4.69) is 4.72 Å². The van der Waals surface area contributed by atoms with Gasteiger partial charge in [-0.05, 0) is 61.2 Å². The van der Waals surface area contributed by atoms with Crippen molar-refractivity contribution in [3.63, 3.8) is 0 Å². The molecule has 0 bridgehead atoms. The maximum absolute atomic E-state index is 13.0. The number of fused-ring (bicyclic) bond motifs is 1. The van der Waals surface area contributed by atoms with Crippen molar-refractivity contribution in [2.24, 2.45) is 0 Å². The summed E-state index contributed by atoms with van der Waals surface area (Å²) in [5.74, 6) is -0.464. The van der Waals surface area contributed by atoms with Crippen LogP contribution in [0.4, 0.5) is 0 Å². The lowest BCUT2D eigenvalue weighted by Crippen LogP contribution is -2.50. The van der Waals surface area contributed by atoms with E-state index in [1.165, 1.54) is 11.0 Å². The van der Waals surface area contributed by atoms with Gasteiger partial charge in [0.15, 0.2) is 0 Å². The highest BCUT2D eigenvalue weighted by Gasteiger charge is 2.39. The molecule has 7 nitrogen and oxygen atoms in total. The average Bonchev–Trinajstić information content (AvgIpc) is 3.11. The van der Waals surface area contributed by atoms with E-state index in [1.54, 1.807) is 42.2 Å². The topological polar surface area (TPSA) is 86.8 Å². The molecule has 0 saturated carbocycles. The Morgan fingerprint density at radius 1 is 1.16 bits per heavy atom. The van der Waals surface area contributed by atoms with Gasteiger partial charge in [-0.1, -0.05) is 37.6 Å². The van der Waals surface area contributed by atoms with Gasteiger partial charge in [-0.2, -0.15) is 4.72 Å². The fourth-order valence-corrected chi connectivity index (χ4v) is 5.52. The predicted octanol–water partition coefficient (Wildman–Crippen LogP) is 3.41. The molecule has 1 aliphatic heterocycles. The first-order valence-electron chi connectivity index (χ1n) is 11.0. The highest BCUT2D eigenvalue weighted by molar-refractivity contribution is 7.89. The van der Waals surface area contributed by atoms with E-state index >= 15 is 0 Å². The molecule has 0 unspecified atom stereocenters. The number of nitrogens with one attached hydrogen (secondary N) is 1. The van der Waals surface area contributed by atoms with Gasteiger partial charge in [0.05, 0.1) is 4.90 Å². The van der Waals surface area contributed by atoms with Crippen molar-refractivity contribution in [2.75, 3.05) is 19.6 Å². The molecule has 0 aromatic heterocycles. The second kappa shape index (κ2) is 10.2. The lowest BCUT2D eigenvalue weighted by molar-refractivity contribution is -0.143. The summed E-state index contributed by atoms with van der Waals surface area (Å²) in [5.41, 5.74) is 0. The quantitative estimate of drug-likeness (QED) is 0.597. The average molecular weight is 480 g/mol. The molecule has 2 aromatic rings. The Labute approximate surface area is 194 Å². The molecule has 1 saturated heterocycles. The molecule has 1 aliphatic rings. The van der Waals surface area contributed by atoms with E-state index in [1.807, 2.05) is 13.8 Å². The fraction of sp³-hybridized carbons (Fsp3) is 0.478. The van der Waals surface area contributed by atoms with E-state index in [4.69, 9.17) is 11.6 Å². The van der Waals surface area contributed by atoms with Gasteiger partial charge in [-0.15, -0.1) is 0 Å². The van der Waals surface area contributed by atoms with Gasteiger partial charge < -0.3 is 9.80 Å². The monoisotopic (exact) mass is 479 g/mol. The van der Waals surface area contributed by atoms with Crippen molar-refractivity contribution in [3.05, 3.63) is 41.4 Å². The number of nitrogens with zero attached hydrogens (tertiary/aromatic N) is 2. The summed E-state index contributed by atoms with van der Waals surface area (Å²) in [4.78, 5) is 29.2. The molecule has 2 amide bonds. The molecule has 174 valence electrons. The van der Waals surface area contributed by atoms with Crippen LogP contribution >= 0.6 is 11.6 Å². The molecule has 2 atom stereocenters. The Morgan fingerprint density at radius 3 is 2.44 bits per heavy atom. The van der Waals surface area contributed by atoms with Crippen LogP contribution in [-0.2, 0) is 19.6 Å². The Kier molecular flexibility index (Phi) is 7.79. The van der Waals surface area contributed by atoms with Crippen molar-refractivity contribution in [2.45, 2.75) is 57.0 Å². The molecule has 0 aliphatic carbocycles. The van der Waals surface area contributed by atoms with Crippen molar-refractivity contribution in [3.8, 4) is 0 Å². The van der Waals surface area contributed by atoms with E-state index in [-0.39, 0.29) is 16.7 Å². The zero-order valence-electron chi connectivity index (χ0n) is 18.7. The van der Waals surface area contributed by atoms with Crippen LogP contribution in [0.5, 0.6) is 0 Å². The summed E-state index contributed by atoms with van der Waals surface area (Å²) in [6.07, 6.45) is 2.00. The van der Waals surface area contributed by atoms with Crippen molar-refractivity contribution in [1.29, 1.82) is 0 Å². The predicted molar refractivity (Wildman–Crippen MR) is 126 cm³/mol. The summed E-state index contributed by atoms with van der Waals surface area (Å²) in [7, 11) is -3.91. The van der Waals surface area contributed by atoms with E-state index in [0.717, 1.165) is 23.6 Å². The third-order valence-electron chi connectivity index (χ3n) is 5.74. The zero-order chi connectivity index (χ0) is 23.5. The number of carbonyl (C=O) groups is 2. The molecule has 1 N–H and O–H groups in total. The van der Waals surface area contributed by atoms with Crippen LogP contribution < -0.4 is 4.72 Å². The van der Waals surface area contributed by atoms with Crippen LogP contribution in [0, 0.1) is 0 Å². The lowest BCUT2D eigenvalue weighted by atomic mass is 10.1. The minimum absolute atomic E-state index is 0.0831. The number of rotatable bonds is 9. The molecular formula is C23H30ClN3O4S. The van der Waals surface area contributed by atoms with Crippen molar-refractivity contribution < 1.29 is 18.0 Å². The first-order chi connectivity index (χ1) is 15.2. The summed E-state index contributed by atoms with van der Waals surface area (Å²) in [5, 5.41) is 2.14. The van der Waals surface area contributed by atoms with Crippen LogP contribution in [0.1, 0.15) is 40.0 Å². The van der Waals surface area contributed by atoms with Crippen LogP contribution in [-0.4, -0.2) is 61.7 Å². The number of likely N-dealkylation sites (tertiary alicyclic amines) is 1. The highest BCUT2D eigenvalue weighted by Crippen LogP contribution is 2.24. The summed E-state index contributed by atoms with van der Waals surface area (Å²) in [6.45, 7) is 7.34. The summed E-state index contributed by atoms with van der Waals surface area (Å²) >= 11 is 5.99. The van der Waals surface area contributed by atoms with Crippen LogP contribution in [0.25, 0.3) is 10.8 Å². The molecule has 0 radical (unpaired) electrons. The Bertz CT molecular complexity index is 1100. The number of carbonyl (C=O) groups excluding carboxylic acids is 2. The van der Waals surface area contributed by atoms with Gasteiger partial charge in [0.25, 0.3) is 0 Å². The normalized spacial score (nSPS) is 17.7. The highest BCUT2D eigenvalue weighted by atomic mass is 35.5. The Hall–Kier alpha value is -2.16. The molecule has 2 aromatic carbocycles. The molecule has 3 rings (SSSR count). The molecule has 1 heterocycles. The van der Waals surface area contributed by atoms with Crippen LogP contribution in [0.3, 0.4) is 0 Å². The third kappa shape index (κ3) is 5.24. The van der Waals surface area contributed by atoms with E-state index in [0.29, 0.717) is 31.1 Å². The van der Waals surface area contributed by atoms with Crippen molar-refractivity contribution in [1.82, 2.24) is 14.5 Å². The van der Waals surface area contributed by atoms with Gasteiger partial charge in [-0.25, -0.2) is 8.42 Å². The molecule has 9 heteroatoms. The number of hydrogen-bond donors (Lipinski definition) is 1. The van der Waals surface area contributed by atoms with Gasteiger partial charge in [0.2, 0.25) is 21.8 Å². The van der Waals surface area contributed by atoms with Crippen LogP contribution in [0.15, 0.2) is 41.3 Å². The first-order valence-corrected chi connectivity index (χ1v) is 12.8. The largest absolute Gasteiger partial charge is 0.341 e. The minimum Gasteiger partial charge on any atom is -0.341 e. The first kappa shape index (κ1) is 24.5. The number of amides is 2. The van der Waals surface area contributed by atoms with Crippen molar-refractivity contribution >= 4 is 44.2 Å². The molecular weight excluding hydrogens is 450 g/mol. The number of halogens is 1. The minimum atomic E-state index is -3.91. The molecule has 1 fully saturated rings. The van der Waals surface area contributed by atoms with Crippen LogP contribution in [0.2, 0.25) is 5.02 Å². The van der Waals surface area contributed by atoms with E-state index in [9.17, 15) is 18.0 Å². The number of benzene rings is 2. The van der Waals surface area contributed by atoms with Gasteiger partial charge >= 0.3 is 0 Å². The standard InChI is InChI=1S/C23H30ClN3O4S/c1-4-11-26(12-5-2)22(28)16(3)27-13-10-21(23(27)29)25-32(30,31)20-9-7-17-14-19(24)8-6-18(17)15-20/h6-9,14-16,21,25H,4-5,10-13H2,1-3H3/t16-,21-/m0/s1. The number of sulfonamides is 1. The lowest BCUT2D eigenvalue weighted by Gasteiger charge is -2.30. The summed E-state index contributed by atoms with van der Waals surface area (Å²) in [6, 6.07) is 8.45. The van der Waals surface area contributed by atoms with Gasteiger partial charge in [-0.3, -0.25) is 9.59 Å².